The van der Waals surface area contributed by atoms with E-state index in [1.807, 2.05) is 0 Å². The van der Waals surface area contributed by atoms with Crippen molar-refractivity contribution in [1.82, 2.24) is 0 Å². The third-order valence-electron chi connectivity index (χ3n) is 0. The van der Waals surface area contributed by atoms with Gasteiger partial charge in [-0.1, -0.05) is 0 Å². The SMILES string of the molecule is B.N=C(N)N.O=P(O)(O)O. The summed E-state index contributed by atoms with van der Waals surface area (Å²) in [6.07, 6.45) is 0. The Morgan fingerprint density at radius 3 is 1.30 bits per heavy atom. The van der Waals surface area contributed by atoms with Crippen molar-refractivity contribution >= 4 is 22.2 Å². The van der Waals surface area contributed by atoms with Crippen LogP contribution < -0.4 is 11.5 Å². The first-order valence-corrected chi connectivity index (χ1v) is 3.18. The van der Waals surface area contributed by atoms with Gasteiger partial charge < -0.3 is 26.1 Å². The van der Waals surface area contributed by atoms with Gasteiger partial charge in [-0.3, -0.25) is 5.41 Å². The Hall–Kier alpha value is -0.555. The summed E-state index contributed by atoms with van der Waals surface area (Å²) >= 11 is 0. The van der Waals surface area contributed by atoms with Gasteiger partial charge in [-0.2, -0.15) is 0 Å². The minimum Gasteiger partial charge on any atom is -0.370 e. The van der Waals surface area contributed by atoms with Crippen molar-refractivity contribution < 1.29 is 19.2 Å². The molecule has 0 bridgehead atoms. The van der Waals surface area contributed by atoms with E-state index in [2.05, 4.69) is 11.5 Å². The third kappa shape index (κ3) is 1000. The summed E-state index contributed by atoms with van der Waals surface area (Å²) in [5.41, 5.74) is 8.94. The molecule has 0 amide bonds. The second-order valence-electron chi connectivity index (χ2n) is 0.969. The average molecular weight is 171 g/mol. The molecule has 0 heterocycles. The van der Waals surface area contributed by atoms with E-state index in [9.17, 15) is 0 Å². The smallest absolute Gasteiger partial charge is 0.370 e. The molecule has 8 N–H and O–H groups in total. The minimum absolute atomic E-state index is 0. The van der Waals surface area contributed by atoms with E-state index in [0.717, 1.165) is 0 Å². The van der Waals surface area contributed by atoms with Crippen molar-refractivity contribution in [2.45, 2.75) is 0 Å². The lowest BCUT2D eigenvalue weighted by atomic mass is 10.8. The van der Waals surface area contributed by atoms with Crippen LogP contribution in [-0.4, -0.2) is 29.1 Å². The Labute approximate surface area is 59.4 Å². The van der Waals surface area contributed by atoms with Crippen molar-refractivity contribution in [1.29, 1.82) is 5.41 Å². The normalized spacial score (nSPS) is 8.30. The highest BCUT2D eigenvalue weighted by molar-refractivity contribution is 7.45. The average Bonchev–Trinajstić information content (AvgIpc) is 1.19. The molecular formula is CH11BN3O4P. The molecule has 0 saturated heterocycles. The molecule has 0 rings (SSSR count). The monoisotopic (exact) mass is 171 g/mol. The molecule has 0 aromatic heterocycles. The number of rotatable bonds is 0. The third-order valence-corrected chi connectivity index (χ3v) is 0. The van der Waals surface area contributed by atoms with E-state index < -0.39 is 7.82 Å². The second-order valence-corrected chi connectivity index (χ2v) is 2.00. The molecule has 0 fully saturated rings. The quantitative estimate of drug-likeness (QED) is 0.0971. The van der Waals surface area contributed by atoms with Crippen LogP contribution in [0, 0.1) is 5.41 Å². The number of hydrogen-bond acceptors (Lipinski definition) is 2. The van der Waals surface area contributed by atoms with Crippen LogP contribution in [0.1, 0.15) is 0 Å². The van der Waals surface area contributed by atoms with E-state index in [4.69, 9.17) is 24.7 Å². The van der Waals surface area contributed by atoms with Crippen molar-refractivity contribution in [3.8, 4) is 0 Å². The predicted molar refractivity (Wildman–Crippen MR) is 40.3 cm³/mol. The molecule has 0 atom stereocenters. The predicted octanol–water partition coefficient (Wildman–Crippen LogP) is -3.27. The summed E-state index contributed by atoms with van der Waals surface area (Å²) in [6.45, 7) is 0. The van der Waals surface area contributed by atoms with Gasteiger partial charge in [0, 0.05) is 0 Å². The lowest BCUT2D eigenvalue weighted by molar-refractivity contribution is 0.275. The Morgan fingerprint density at radius 2 is 1.30 bits per heavy atom. The highest BCUT2D eigenvalue weighted by Gasteiger charge is 2.00. The highest BCUT2D eigenvalue weighted by atomic mass is 31.2. The molecule has 0 saturated carbocycles. The van der Waals surface area contributed by atoms with Gasteiger partial charge in [0.15, 0.2) is 5.96 Å². The van der Waals surface area contributed by atoms with Gasteiger partial charge in [0.25, 0.3) is 0 Å². The van der Waals surface area contributed by atoms with Gasteiger partial charge in [-0.15, -0.1) is 0 Å². The Morgan fingerprint density at radius 1 is 1.30 bits per heavy atom. The molecule has 0 radical (unpaired) electrons. The Kier molecular flexibility index (Phi) is 10.6. The zero-order chi connectivity index (χ0) is 8.08. The van der Waals surface area contributed by atoms with E-state index >= 15 is 0 Å². The van der Waals surface area contributed by atoms with E-state index in [0.29, 0.717) is 0 Å². The first kappa shape index (κ1) is 16.2. The van der Waals surface area contributed by atoms with Gasteiger partial charge in [0.05, 0.1) is 8.41 Å². The van der Waals surface area contributed by atoms with Gasteiger partial charge in [-0.05, 0) is 0 Å². The van der Waals surface area contributed by atoms with Crippen LogP contribution in [0.15, 0.2) is 0 Å². The maximum Gasteiger partial charge on any atom is 0.466 e. The lowest BCUT2D eigenvalue weighted by Crippen LogP contribution is -2.20. The summed E-state index contributed by atoms with van der Waals surface area (Å²) < 4.78 is 8.88. The fourth-order valence-corrected chi connectivity index (χ4v) is 0. The zero-order valence-electron chi connectivity index (χ0n) is 4.35. The van der Waals surface area contributed by atoms with Crippen LogP contribution in [0.4, 0.5) is 0 Å². The van der Waals surface area contributed by atoms with Crippen LogP contribution in [0.2, 0.25) is 0 Å². The first-order valence-electron chi connectivity index (χ1n) is 1.61. The van der Waals surface area contributed by atoms with Gasteiger partial charge in [-0.25, -0.2) is 4.57 Å². The first-order chi connectivity index (χ1) is 3.73. The lowest BCUT2D eigenvalue weighted by Gasteiger charge is -1.82. The molecule has 0 aliphatic carbocycles. The molecular weight excluding hydrogens is 160 g/mol. The maximum absolute atomic E-state index is 8.88. The van der Waals surface area contributed by atoms with Gasteiger partial charge in [0.1, 0.15) is 0 Å². The van der Waals surface area contributed by atoms with Gasteiger partial charge in [0.2, 0.25) is 0 Å². The molecule has 0 aliphatic rings. The Balaban J connectivity index is -0.0000000910. The molecule has 0 unspecified atom stereocenters. The summed E-state index contributed by atoms with van der Waals surface area (Å²) in [7, 11) is -4.64. The standard InChI is InChI=1S/CH5N3.BH3.H3O4P/c2-1(3)4;;1-5(2,3)4/h(H5,2,3,4);1H3;(H3,1,2,3,4). The molecule has 0 aliphatic heterocycles. The number of nitrogens with two attached hydrogens (primary N) is 2. The summed E-state index contributed by atoms with van der Waals surface area (Å²) in [4.78, 5) is 21.6. The maximum atomic E-state index is 8.88. The number of nitrogens with one attached hydrogen (secondary N) is 1. The molecule has 0 spiro atoms. The van der Waals surface area contributed by atoms with Crippen molar-refractivity contribution in [3.63, 3.8) is 0 Å². The molecule has 7 nitrogen and oxygen atoms in total. The van der Waals surface area contributed by atoms with E-state index in [-0.39, 0.29) is 14.4 Å². The molecule has 9 heteroatoms. The molecule has 62 valence electrons. The molecule has 10 heavy (non-hydrogen) atoms. The molecule has 0 aromatic rings. The van der Waals surface area contributed by atoms with Crippen LogP contribution >= 0.6 is 7.82 Å². The van der Waals surface area contributed by atoms with Crippen LogP contribution in [0.25, 0.3) is 0 Å². The van der Waals surface area contributed by atoms with Crippen LogP contribution in [0.5, 0.6) is 0 Å². The largest absolute Gasteiger partial charge is 0.466 e. The second kappa shape index (κ2) is 6.56. The van der Waals surface area contributed by atoms with E-state index in [1.165, 1.54) is 0 Å². The molecule has 0 aromatic carbocycles. The topological polar surface area (TPSA) is 154 Å². The van der Waals surface area contributed by atoms with Gasteiger partial charge >= 0.3 is 7.82 Å². The summed E-state index contributed by atoms with van der Waals surface area (Å²) in [5, 5.41) is 6.06. The highest BCUT2D eigenvalue weighted by Crippen LogP contribution is 2.25. The summed E-state index contributed by atoms with van der Waals surface area (Å²) in [6, 6.07) is 0. The summed E-state index contributed by atoms with van der Waals surface area (Å²) in [5.74, 6) is -0.333. The number of guanidine groups is 1. The van der Waals surface area contributed by atoms with E-state index in [1.54, 1.807) is 0 Å². The van der Waals surface area contributed by atoms with Crippen molar-refractivity contribution in [2.75, 3.05) is 0 Å². The minimum atomic E-state index is -4.64. The van der Waals surface area contributed by atoms with Crippen molar-refractivity contribution in [2.24, 2.45) is 11.5 Å². The number of phosphoric acid groups is 1. The Bertz CT molecular complexity index is 120. The van der Waals surface area contributed by atoms with Crippen LogP contribution in [0.3, 0.4) is 0 Å². The van der Waals surface area contributed by atoms with Crippen LogP contribution in [-0.2, 0) is 4.57 Å². The zero-order valence-corrected chi connectivity index (χ0v) is 5.25. The fourth-order valence-electron chi connectivity index (χ4n) is 0. The fraction of sp³-hybridized carbons (Fsp3) is 0. The van der Waals surface area contributed by atoms with Crippen molar-refractivity contribution in [3.05, 3.63) is 0 Å². The number of hydrogen-bond donors (Lipinski definition) is 6.